The standard InChI is InChI=1S/C21H34O2Si/c1-16(10-8-14-20(2,3)23-24(5,6)7)17-12-13-18-19(22)11-9-15-21(17,18)4/h12,16,18H,9-11,13,15H2,1-7H3. The lowest BCUT2D eigenvalue weighted by atomic mass is 9.63. The molecule has 3 atom stereocenters. The van der Waals surface area contributed by atoms with Crippen LogP contribution in [0, 0.1) is 29.1 Å². The predicted molar refractivity (Wildman–Crippen MR) is 103 cm³/mol. The number of Topliss-reactive ketones (excluding diaryl/α,β-unsaturated/α-hetero) is 1. The number of allylic oxidation sites excluding steroid dienone is 2. The van der Waals surface area contributed by atoms with Crippen LogP contribution in [0.1, 0.15) is 59.8 Å². The number of fused-ring (bicyclic) bond motifs is 1. The third-order valence-corrected chi connectivity index (χ3v) is 6.52. The summed E-state index contributed by atoms with van der Waals surface area (Å²) in [5.74, 6) is 7.82. The highest BCUT2D eigenvalue weighted by molar-refractivity contribution is 6.69. The number of rotatable bonds is 4. The summed E-state index contributed by atoms with van der Waals surface area (Å²) in [6.45, 7) is 15.3. The van der Waals surface area contributed by atoms with Crippen molar-refractivity contribution in [3.05, 3.63) is 11.6 Å². The van der Waals surface area contributed by atoms with Gasteiger partial charge < -0.3 is 4.43 Å². The Labute approximate surface area is 149 Å². The molecule has 0 N–H and O–H groups in total. The second-order valence-electron chi connectivity index (χ2n) is 9.32. The molecule has 0 heterocycles. The zero-order valence-corrected chi connectivity index (χ0v) is 17.6. The van der Waals surface area contributed by atoms with Crippen molar-refractivity contribution in [2.75, 3.05) is 0 Å². The van der Waals surface area contributed by atoms with Gasteiger partial charge in [0.15, 0.2) is 8.32 Å². The molecule has 0 aromatic heterocycles. The number of carbonyl (C=O) groups is 1. The van der Waals surface area contributed by atoms with E-state index in [2.05, 4.69) is 65.3 Å². The summed E-state index contributed by atoms with van der Waals surface area (Å²) in [7, 11) is -1.59. The van der Waals surface area contributed by atoms with Gasteiger partial charge in [-0.2, -0.15) is 0 Å². The topological polar surface area (TPSA) is 26.3 Å². The molecule has 1 fully saturated rings. The highest BCUT2D eigenvalue weighted by Crippen LogP contribution is 2.53. The van der Waals surface area contributed by atoms with Gasteiger partial charge in [0.05, 0.1) is 0 Å². The van der Waals surface area contributed by atoms with E-state index in [1.54, 1.807) is 0 Å². The van der Waals surface area contributed by atoms with E-state index in [0.717, 1.165) is 32.1 Å². The first-order valence-corrected chi connectivity index (χ1v) is 12.8. The van der Waals surface area contributed by atoms with Gasteiger partial charge in [-0.25, -0.2) is 0 Å². The van der Waals surface area contributed by atoms with Crippen LogP contribution in [0.25, 0.3) is 0 Å². The Morgan fingerprint density at radius 2 is 2.08 bits per heavy atom. The predicted octanol–water partition coefficient (Wildman–Crippen LogP) is 5.35. The van der Waals surface area contributed by atoms with Crippen LogP contribution < -0.4 is 0 Å². The van der Waals surface area contributed by atoms with Crippen molar-refractivity contribution in [3.8, 4) is 11.8 Å². The quantitative estimate of drug-likeness (QED) is 0.389. The number of hydrogen-bond acceptors (Lipinski definition) is 2. The number of carbonyl (C=O) groups excluding carboxylic acids is 1. The second-order valence-corrected chi connectivity index (χ2v) is 13.7. The SMILES string of the molecule is CC(CC#CC(C)(C)O[Si](C)(C)C)C1=CCC2C(=O)CCCC12C. The van der Waals surface area contributed by atoms with Gasteiger partial charge in [0.25, 0.3) is 0 Å². The molecule has 134 valence electrons. The van der Waals surface area contributed by atoms with E-state index in [0.29, 0.717) is 11.7 Å². The molecule has 1 saturated carbocycles. The minimum atomic E-state index is -1.59. The largest absolute Gasteiger partial charge is 0.402 e. The molecule has 0 saturated heterocycles. The first-order chi connectivity index (χ1) is 10.9. The molecule has 2 rings (SSSR count). The molecular formula is C21H34O2Si. The van der Waals surface area contributed by atoms with Gasteiger partial charge in [-0.15, -0.1) is 0 Å². The Morgan fingerprint density at radius 1 is 1.42 bits per heavy atom. The Kier molecular flexibility index (Phi) is 5.52. The maximum absolute atomic E-state index is 12.3. The summed E-state index contributed by atoms with van der Waals surface area (Å²) in [6.07, 6.45) is 7.09. The summed E-state index contributed by atoms with van der Waals surface area (Å²) < 4.78 is 6.16. The molecule has 0 bridgehead atoms. The van der Waals surface area contributed by atoms with E-state index in [9.17, 15) is 4.79 Å². The molecule has 2 aliphatic rings. The van der Waals surface area contributed by atoms with E-state index >= 15 is 0 Å². The Morgan fingerprint density at radius 3 is 2.71 bits per heavy atom. The number of ketones is 1. The zero-order valence-electron chi connectivity index (χ0n) is 16.6. The van der Waals surface area contributed by atoms with E-state index in [-0.39, 0.29) is 16.9 Å². The van der Waals surface area contributed by atoms with Crippen molar-refractivity contribution >= 4 is 14.1 Å². The minimum Gasteiger partial charge on any atom is -0.402 e. The van der Waals surface area contributed by atoms with Crippen LogP contribution in [-0.2, 0) is 9.22 Å². The summed E-state index contributed by atoms with van der Waals surface area (Å²) in [5, 5.41) is 0. The molecule has 3 heteroatoms. The first-order valence-electron chi connectivity index (χ1n) is 9.38. The van der Waals surface area contributed by atoms with Gasteiger partial charge >= 0.3 is 0 Å². The lowest BCUT2D eigenvalue weighted by Crippen LogP contribution is -2.37. The van der Waals surface area contributed by atoms with Gasteiger partial charge in [0.2, 0.25) is 0 Å². The third kappa shape index (κ3) is 4.40. The summed E-state index contributed by atoms with van der Waals surface area (Å²) >= 11 is 0. The van der Waals surface area contributed by atoms with Crippen molar-refractivity contribution in [2.45, 2.75) is 85.0 Å². The lowest BCUT2D eigenvalue weighted by molar-refractivity contribution is -0.128. The molecule has 0 aromatic carbocycles. The van der Waals surface area contributed by atoms with E-state index in [1.807, 2.05) is 0 Å². The number of hydrogen-bond donors (Lipinski definition) is 0. The van der Waals surface area contributed by atoms with Crippen LogP contribution in [0.5, 0.6) is 0 Å². The van der Waals surface area contributed by atoms with Gasteiger partial charge in [0, 0.05) is 18.8 Å². The molecular weight excluding hydrogens is 312 g/mol. The normalized spacial score (nSPS) is 28.7. The van der Waals surface area contributed by atoms with Crippen molar-refractivity contribution < 1.29 is 9.22 Å². The Hall–Kier alpha value is -0.853. The fraction of sp³-hybridized carbons (Fsp3) is 0.762. The van der Waals surface area contributed by atoms with E-state index in [4.69, 9.17) is 4.43 Å². The molecule has 0 amide bonds. The van der Waals surface area contributed by atoms with Gasteiger partial charge in [-0.05, 0) is 64.1 Å². The highest BCUT2D eigenvalue weighted by atomic mass is 28.4. The molecule has 2 aliphatic carbocycles. The van der Waals surface area contributed by atoms with Crippen molar-refractivity contribution in [2.24, 2.45) is 17.3 Å². The smallest absolute Gasteiger partial charge is 0.185 e. The van der Waals surface area contributed by atoms with Crippen LogP contribution >= 0.6 is 0 Å². The fourth-order valence-corrected chi connectivity index (χ4v) is 6.21. The molecule has 2 nitrogen and oxygen atoms in total. The maximum Gasteiger partial charge on any atom is 0.185 e. The second kappa shape index (κ2) is 6.81. The van der Waals surface area contributed by atoms with Crippen LogP contribution in [-0.4, -0.2) is 19.7 Å². The zero-order chi connectivity index (χ0) is 18.2. The van der Waals surface area contributed by atoms with Crippen LogP contribution in [0.3, 0.4) is 0 Å². The molecule has 0 aromatic rings. The van der Waals surface area contributed by atoms with Gasteiger partial charge in [-0.3, -0.25) is 4.79 Å². The molecule has 3 unspecified atom stereocenters. The molecule has 0 radical (unpaired) electrons. The maximum atomic E-state index is 12.3. The van der Waals surface area contributed by atoms with E-state index < -0.39 is 8.32 Å². The van der Waals surface area contributed by atoms with Gasteiger partial charge in [0.1, 0.15) is 11.4 Å². The monoisotopic (exact) mass is 346 g/mol. The van der Waals surface area contributed by atoms with E-state index in [1.165, 1.54) is 5.57 Å². The Bertz CT molecular complexity index is 585. The van der Waals surface area contributed by atoms with Crippen molar-refractivity contribution in [1.82, 2.24) is 0 Å². The van der Waals surface area contributed by atoms with Crippen LogP contribution in [0.4, 0.5) is 0 Å². The molecule has 0 spiro atoms. The summed E-state index contributed by atoms with van der Waals surface area (Å²) in [5.41, 5.74) is 1.18. The van der Waals surface area contributed by atoms with Crippen molar-refractivity contribution in [1.29, 1.82) is 0 Å². The van der Waals surface area contributed by atoms with Gasteiger partial charge in [-0.1, -0.05) is 37.3 Å². The lowest BCUT2D eigenvalue weighted by Gasteiger charge is -2.39. The van der Waals surface area contributed by atoms with Crippen LogP contribution in [0.2, 0.25) is 19.6 Å². The summed E-state index contributed by atoms with van der Waals surface area (Å²) in [4.78, 5) is 12.3. The third-order valence-electron chi connectivity index (χ3n) is 5.40. The first kappa shape index (κ1) is 19.5. The summed E-state index contributed by atoms with van der Waals surface area (Å²) in [6, 6.07) is 0. The molecule has 24 heavy (non-hydrogen) atoms. The van der Waals surface area contributed by atoms with Crippen molar-refractivity contribution in [3.63, 3.8) is 0 Å². The fourth-order valence-electron chi connectivity index (χ4n) is 4.63. The average Bonchev–Trinajstić information content (AvgIpc) is 2.74. The molecule has 0 aliphatic heterocycles. The Balaban J connectivity index is 2.03. The average molecular weight is 347 g/mol. The highest BCUT2D eigenvalue weighted by Gasteiger charge is 2.47. The minimum absolute atomic E-state index is 0.0841. The van der Waals surface area contributed by atoms with Crippen LogP contribution in [0.15, 0.2) is 11.6 Å².